The molecule has 3 heteroatoms. The molecule has 0 aliphatic rings. The largest absolute Gasteiger partial charge is 0.392 e. The van der Waals surface area contributed by atoms with Gasteiger partial charge in [0.15, 0.2) is 0 Å². The highest BCUT2D eigenvalue weighted by atomic mass is 35.5. The number of aliphatic hydroxyl groups is 1. The maximum atomic E-state index is 8.77. The lowest BCUT2D eigenvalue weighted by atomic mass is 10.1. The highest BCUT2D eigenvalue weighted by molar-refractivity contribution is 6.31. The molecule has 0 saturated heterocycles. The summed E-state index contributed by atoms with van der Waals surface area (Å²) in [5, 5.41) is 9.35. The molecule has 0 aromatic heterocycles. The summed E-state index contributed by atoms with van der Waals surface area (Å²) >= 11 is 5.79. The zero-order chi connectivity index (χ0) is 8.27. The summed E-state index contributed by atoms with van der Waals surface area (Å²) in [5.41, 5.74) is 7.11. The molecule has 0 aliphatic heterocycles. The molecule has 0 amide bonds. The van der Waals surface area contributed by atoms with Gasteiger partial charge in [0.1, 0.15) is 0 Å². The van der Waals surface area contributed by atoms with Gasteiger partial charge < -0.3 is 10.8 Å². The lowest BCUT2D eigenvalue weighted by Gasteiger charge is -2.01. The Labute approximate surface area is 70.6 Å². The highest BCUT2D eigenvalue weighted by Gasteiger charge is 1.98. The maximum absolute atomic E-state index is 8.77. The Kier molecular flexibility index (Phi) is 2.88. The molecule has 0 radical (unpaired) electrons. The van der Waals surface area contributed by atoms with Crippen LogP contribution in [0, 0.1) is 0 Å². The van der Waals surface area contributed by atoms with E-state index in [1.165, 1.54) is 0 Å². The van der Waals surface area contributed by atoms with Crippen molar-refractivity contribution in [3.8, 4) is 0 Å². The molecule has 11 heavy (non-hydrogen) atoms. The van der Waals surface area contributed by atoms with E-state index in [0.29, 0.717) is 11.6 Å². The van der Waals surface area contributed by atoms with Gasteiger partial charge in [-0.15, -0.1) is 0 Å². The first kappa shape index (κ1) is 8.53. The summed E-state index contributed by atoms with van der Waals surface area (Å²) in [7, 11) is 0. The molecule has 60 valence electrons. The molecule has 0 bridgehead atoms. The standard InChI is InChI=1S/C8H10ClNO/c9-8-3-6(4-10)1-2-7(8)5-11/h1-3,11H,4-5,10H2. The normalized spacial score (nSPS) is 10.1. The van der Waals surface area contributed by atoms with E-state index in [-0.39, 0.29) is 6.61 Å². The predicted molar refractivity (Wildman–Crippen MR) is 45.3 cm³/mol. The average molecular weight is 172 g/mol. The Hall–Kier alpha value is -0.570. The van der Waals surface area contributed by atoms with Crippen LogP contribution in [0.25, 0.3) is 0 Å². The van der Waals surface area contributed by atoms with Crippen LogP contribution in [-0.4, -0.2) is 5.11 Å². The first-order chi connectivity index (χ1) is 5.27. The van der Waals surface area contributed by atoms with E-state index in [1.807, 2.05) is 6.07 Å². The molecule has 1 aromatic rings. The summed E-state index contributed by atoms with van der Waals surface area (Å²) in [4.78, 5) is 0. The highest BCUT2D eigenvalue weighted by Crippen LogP contribution is 2.17. The van der Waals surface area contributed by atoms with E-state index in [2.05, 4.69) is 0 Å². The number of halogens is 1. The third-order valence-electron chi connectivity index (χ3n) is 1.52. The molecular weight excluding hydrogens is 162 g/mol. The van der Waals surface area contributed by atoms with E-state index >= 15 is 0 Å². The Morgan fingerprint density at radius 3 is 2.64 bits per heavy atom. The molecule has 1 rings (SSSR count). The van der Waals surface area contributed by atoms with Crippen LogP contribution in [0.3, 0.4) is 0 Å². The Bertz CT molecular complexity index is 250. The fraction of sp³-hybridized carbons (Fsp3) is 0.250. The van der Waals surface area contributed by atoms with Crippen molar-refractivity contribution < 1.29 is 5.11 Å². The zero-order valence-corrected chi connectivity index (χ0v) is 6.80. The molecule has 0 heterocycles. The van der Waals surface area contributed by atoms with Crippen LogP contribution in [0.4, 0.5) is 0 Å². The van der Waals surface area contributed by atoms with Gasteiger partial charge in [0.2, 0.25) is 0 Å². The van der Waals surface area contributed by atoms with Crippen molar-refractivity contribution in [3.63, 3.8) is 0 Å². The number of hydrogen-bond acceptors (Lipinski definition) is 2. The topological polar surface area (TPSA) is 46.2 Å². The van der Waals surface area contributed by atoms with E-state index in [0.717, 1.165) is 11.1 Å². The van der Waals surface area contributed by atoms with Crippen molar-refractivity contribution in [3.05, 3.63) is 34.3 Å². The van der Waals surface area contributed by atoms with Gasteiger partial charge in [-0.1, -0.05) is 23.7 Å². The number of rotatable bonds is 2. The van der Waals surface area contributed by atoms with Gasteiger partial charge >= 0.3 is 0 Å². The molecular formula is C8H10ClNO. The molecule has 0 aliphatic carbocycles. The van der Waals surface area contributed by atoms with Gasteiger partial charge in [-0.05, 0) is 17.2 Å². The summed E-state index contributed by atoms with van der Waals surface area (Å²) in [5.74, 6) is 0. The first-order valence-corrected chi connectivity index (χ1v) is 3.74. The van der Waals surface area contributed by atoms with Crippen molar-refractivity contribution in [2.45, 2.75) is 13.2 Å². The van der Waals surface area contributed by atoms with Crippen molar-refractivity contribution >= 4 is 11.6 Å². The minimum Gasteiger partial charge on any atom is -0.392 e. The number of aliphatic hydroxyl groups excluding tert-OH is 1. The molecule has 0 atom stereocenters. The molecule has 0 saturated carbocycles. The van der Waals surface area contributed by atoms with Gasteiger partial charge in [0.05, 0.1) is 6.61 Å². The Balaban J connectivity index is 2.99. The van der Waals surface area contributed by atoms with Gasteiger partial charge in [0, 0.05) is 11.6 Å². The minimum atomic E-state index is -0.0241. The van der Waals surface area contributed by atoms with Crippen molar-refractivity contribution in [1.82, 2.24) is 0 Å². The van der Waals surface area contributed by atoms with Crippen LogP contribution in [0.15, 0.2) is 18.2 Å². The fourth-order valence-corrected chi connectivity index (χ4v) is 1.11. The van der Waals surface area contributed by atoms with E-state index < -0.39 is 0 Å². The molecule has 0 unspecified atom stereocenters. The van der Waals surface area contributed by atoms with E-state index in [9.17, 15) is 0 Å². The maximum Gasteiger partial charge on any atom is 0.0696 e. The molecule has 0 fully saturated rings. The quantitative estimate of drug-likeness (QED) is 0.705. The SMILES string of the molecule is NCc1ccc(CO)c(Cl)c1. The van der Waals surface area contributed by atoms with Gasteiger partial charge in [0.25, 0.3) is 0 Å². The summed E-state index contributed by atoms with van der Waals surface area (Å²) < 4.78 is 0. The third kappa shape index (κ3) is 1.93. The van der Waals surface area contributed by atoms with Crippen LogP contribution in [0.5, 0.6) is 0 Å². The van der Waals surface area contributed by atoms with Crippen molar-refractivity contribution in [2.75, 3.05) is 0 Å². The number of nitrogens with two attached hydrogens (primary N) is 1. The lowest BCUT2D eigenvalue weighted by Crippen LogP contribution is -1.96. The molecule has 3 N–H and O–H groups in total. The lowest BCUT2D eigenvalue weighted by molar-refractivity contribution is 0.282. The third-order valence-corrected chi connectivity index (χ3v) is 1.88. The molecule has 1 aromatic carbocycles. The first-order valence-electron chi connectivity index (χ1n) is 3.36. The van der Waals surface area contributed by atoms with Gasteiger partial charge in [-0.25, -0.2) is 0 Å². The second-order valence-electron chi connectivity index (χ2n) is 2.29. The summed E-state index contributed by atoms with van der Waals surface area (Å²) in [6.45, 7) is 0.453. The Morgan fingerprint density at radius 1 is 1.45 bits per heavy atom. The fourth-order valence-electron chi connectivity index (χ4n) is 0.846. The predicted octanol–water partition coefficient (Wildman–Crippen LogP) is 1.29. The van der Waals surface area contributed by atoms with Crippen molar-refractivity contribution in [1.29, 1.82) is 0 Å². The van der Waals surface area contributed by atoms with E-state index in [4.69, 9.17) is 22.4 Å². The second kappa shape index (κ2) is 3.72. The van der Waals surface area contributed by atoms with Crippen LogP contribution in [-0.2, 0) is 13.2 Å². The van der Waals surface area contributed by atoms with Gasteiger partial charge in [-0.2, -0.15) is 0 Å². The summed E-state index contributed by atoms with van der Waals surface area (Å²) in [6.07, 6.45) is 0. The average Bonchev–Trinajstić information content (AvgIpc) is 2.04. The van der Waals surface area contributed by atoms with Crippen molar-refractivity contribution in [2.24, 2.45) is 5.73 Å². The smallest absolute Gasteiger partial charge is 0.0696 e. The minimum absolute atomic E-state index is 0.0241. The number of hydrogen-bond donors (Lipinski definition) is 2. The Morgan fingerprint density at radius 2 is 2.18 bits per heavy atom. The monoisotopic (exact) mass is 171 g/mol. The summed E-state index contributed by atoms with van der Waals surface area (Å²) in [6, 6.07) is 5.41. The molecule has 0 spiro atoms. The molecule has 2 nitrogen and oxygen atoms in total. The number of benzene rings is 1. The second-order valence-corrected chi connectivity index (χ2v) is 2.70. The zero-order valence-electron chi connectivity index (χ0n) is 6.05. The van der Waals surface area contributed by atoms with E-state index in [1.54, 1.807) is 12.1 Å². The van der Waals surface area contributed by atoms with Crippen LogP contribution < -0.4 is 5.73 Å². The van der Waals surface area contributed by atoms with Crippen LogP contribution in [0.1, 0.15) is 11.1 Å². The van der Waals surface area contributed by atoms with Gasteiger partial charge in [-0.3, -0.25) is 0 Å². The van der Waals surface area contributed by atoms with Crippen LogP contribution in [0.2, 0.25) is 5.02 Å². The van der Waals surface area contributed by atoms with Crippen LogP contribution >= 0.6 is 11.6 Å².